The van der Waals surface area contributed by atoms with Crippen LogP contribution < -0.4 is 10.6 Å². The summed E-state index contributed by atoms with van der Waals surface area (Å²) in [7, 11) is 0. The maximum absolute atomic E-state index is 5.67. The van der Waals surface area contributed by atoms with Gasteiger partial charge in [-0.3, -0.25) is 0 Å². The molecule has 0 amide bonds. The Morgan fingerprint density at radius 3 is 2.73 bits per heavy atom. The number of nitrogens with one attached hydrogen (secondary N) is 2. The average Bonchev–Trinajstić information content (AvgIpc) is 2.29. The largest absolute Gasteiger partial charge is 0.378 e. The summed E-state index contributed by atoms with van der Waals surface area (Å²) in [6.45, 7) is 7.56. The molecule has 1 aliphatic heterocycles. The third-order valence-electron chi connectivity index (χ3n) is 2.87. The Morgan fingerprint density at radius 2 is 2.00 bits per heavy atom. The van der Waals surface area contributed by atoms with Crippen molar-refractivity contribution in [3.05, 3.63) is 0 Å². The lowest BCUT2D eigenvalue weighted by Gasteiger charge is -2.22. The molecule has 3 nitrogen and oxygen atoms in total. The quantitative estimate of drug-likeness (QED) is 0.601. The van der Waals surface area contributed by atoms with Gasteiger partial charge in [0.25, 0.3) is 0 Å². The van der Waals surface area contributed by atoms with Crippen molar-refractivity contribution in [2.24, 2.45) is 0 Å². The van der Waals surface area contributed by atoms with E-state index in [1.165, 1.54) is 32.1 Å². The maximum atomic E-state index is 5.67. The Bertz CT molecular complexity index is 136. The minimum absolute atomic E-state index is 0.528. The van der Waals surface area contributed by atoms with E-state index in [1.807, 2.05) is 0 Å². The van der Waals surface area contributed by atoms with Crippen LogP contribution in [0.3, 0.4) is 0 Å². The van der Waals surface area contributed by atoms with Crippen molar-refractivity contribution < 1.29 is 4.74 Å². The lowest BCUT2D eigenvalue weighted by atomic mass is 10.1. The van der Waals surface area contributed by atoms with Gasteiger partial charge in [0.2, 0.25) is 0 Å². The second-order valence-corrected chi connectivity index (χ2v) is 4.23. The van der Waals surface area contributed by atoms with Gasteiger partial charge in [0.1, 0.15) is 0 Å². The summed E-state index contributed by atoms with van der Waals surface area (Å²) in [5, 5.41) is 6.80. The number of hydrogen-bond acceptors (Lipinski definition) is 3. The monoisotopic (exact) mass is 214 g/mol. The normalized spacial score (nSPS) is 21.8. The topological polar surface area (TPSA) is 33.3 Å². The summed E-state index contributed by atoms with van der Waals surface area (Å²) in [5.41, 5.74) is 0. The SMILES string of the molecule is CCNCCCNCCC1CCCCO1. The van der Waals surface area contributed by atoms with Crippen molar-refractivity contribution in [1.82, 2.24) is 10.6 Å². The summed E-state index contributed by atoms with van der Waals surface area (Å²) in [6, 6.07) is 0. The molecule has 1 saturated heterocycles. The molecule has 0 aromatic heterocycles. The molecule has 2 N–H and O–H groups in total. The van der Waals surface area contributed by atoms with E-state index in [0.29, 0.717) is 6.10 Å². The maximum Gasteiger partial charge on any atom is 0.0587 e. The summed E-state index contributed by atoms with van der Waals surface area (Å²) >= 11 is 0. The van der Waals surface area contributed by atoms with Gasteiger partial charge in [-0.15, -0.1) is 0 Å². The number of rotatable bonds is 8. The Hall–Kier alpha value is -0.120. The highest BCUT2D eigenvalue weighted by molar-refractivity contribution is 4.65. The van der Waals surface area contributed by atoms with Crippen molar-refractivity contribution in [2.45, 2.75) is 45.1 Å². The second-order valence-electron chi connectivity index (χ2n) is 4.23. The van der Waals surface area contributed by atoms with Gasteiger partial charge in [0, 0.05) is 6.61 Å². The zero-order valence-electron chi connectivity index (χ0n) is 10.1. The van der Waals surface area contributed by atoms with Gasteiger partial charge in [-0.25, -0.2) is 0 Å². The molecule has 0 spiro atoms. The van der Waals surface area contributed by atoms with Crippen LogP contribution in [0.5, 0.6) is 0 Å². The van der Waals surface area contributed by atoms with E-state index < -0.39 is 0 Å². The van der Waals surface area contributed by atoms with Crippen LogP contribution in [0.2, 0.25) is 0 Å². The first-order chi connectivity index (χ1) is 7.43. The molecule has 3 heteroatoms. The first-order valence-electron chi connectivity index (χ1n) is 6.46. The van der Waals surface area contributed by atoms with Crippen LogP contribution >= 0.6 is 0 Å². The molecule has 1 fully saturated rings. The Morgan fingerprint density at radius 1 is 1.13 bits per heavy atom. The van der Waals surface area contributed by atoms with Gasteiger partial charge in [0.15, 0.2) is 0 Å². The molecule has 0 aromatic carbocycles. The Labute approximate surface area is 94.0 Å². The van der Waals surface area contributed by atoms with E-state index in [0.717, 1.165) is 32.8 Å². The molecule has 1 atom stereocenters. The molecule has 0 aromatic rings. The van der Waals surface area contributed by atoms with Crippen LogP contribution in [0.1, 0.15) is 39.0 Å². The zero-order valence-corrected chi connectivity index (χ0v) is 10.1. The van der Waals surface area contributed by atoms with E-state index in [4.69, 9.17) is 4.74 Å². The van der Waals surface area contributed by atoms with Crippen LogP contribution in [0.25, 0.3) is 0 Å². The van der Waals surface area contributed by atoms with Gasteiger partial charge in [-0.2, -0.15) is 0 Å². The van der Waals surface area contributed by atoms with Crippen LogP contribution in [-0.2, 0) is 4.74 Å². The van der Waals surface area contributed by atoms with Gasteiger partial charge < -0.3 is 15.4 Å². The Balaban J connectivity index is 1.79. The van der Waals surface area contributed by atoms with E-state index in [9.17, 15) is 0 Å². The molecule has 0 radical (unpaired) electrons. The lowest BCUT2D eigenvalue weighted by Crippen LogP contribution is -2.27. The van der Waals surface area contributed by atoms with Crippen LogP contribution in [-0.4, -0.2) is 38.9 Å². The molecule has 90 valence electrons. The standard InChI is InChI=1S/C12H26N2O/c1-2-13-8-5-9-14-10-7-12-6-3-4-11-15-12/h12-14H,2-11H2,1H3. The van der Waals surface area contributed by atoms with Crippen molar-refractivity contribution in [3.8, 4) is 0 Å². The molecule has 0 saturated carbocycles. The van der Waals surface area contributed by atoms with Crippen molar-refractivity contribution in [2.75, 3.05) is 32.8 Å². The van der Waals surface area contributed by atoms with Gasteiger partial charge in [0.05, 0.1) is 6.10 Å². The van der Waals surface area contributed by atoms with Crippen LogP contribution in [0.4, 0.5) is 0 Å². The van der Waals surface area contributed by atoms with Crippen molar-refractivity contribution >= 4 is 0 Å². The molecule has 1 heterocycles. The first kappa shape index (κ1) is 12.9. The predicted octanol–water partition coefficient (Wildman–Crippen LogP) is 1.53. The molecule has 1 rings (SSSR count). The summed E-state index contributed by atoms with van der Waals surface area (Å²) in [5.74, 6) is 0. The average molecular weight is 214 g/mol. The minimum atomic E-state index is 0.528. The number of ether oxygens (including phenoxy) is 1. The fourth-order valence-corrected chi connectivity index (χ4v) is 1.94. The molecular weight excluding hydrogens is 188 g/mol. The van der Waals surface area contributed by atoms with Crippen molar-refractivity contribution in [1.29, 1.82) is 0 Å². The molecule has 1 aliphatic rings. The van der Waals surface area contributed by atoms with Gasteiger partial charge in [-0.05, 0) is 58.3 Å². The van der Waals surface area contributed by atoms with Gasteiger partial charge in [-0.1, -0.05) is 6.92 Å². The van der Waals surface area contributed by atoms with E-state index in [1.54, 1.807) is 0 Å². The first-order valence-corrected chi connectivity index (χ1v) is 6.46. The summed E-state index contributed by atoms with van der Waals surface area (Å²) in [6.07, 6.45) is 6.80. The second kappa shape index (κ2) is 9.13. The zero-order chi connectivity index (χ0) is 10.8. The highest BCUT2D eigenvalue weighted by Crippen LogP contribution is 2.14. The van der Waals surface area contributed by atoms with E-state index >= 15 is 0 Å². The number of hydrogen-bond donors (Lipinski definition) is 2. The highest BCUT2D eigenvalue weighted by atomic mass is 16.5. The Kier molecular flexibility index (Phi) is 7.88. The fourth-order valence-electron chi connectivity index (χ4n) is 1.94. The van der Waals surface area contributed by atoms with E-state index in [-0.39, 0.29) is 0 Å². The summed E-state index contributed by atoms with van der Waals surface area (Å²) < 4.78 is 5.67. The molecular formula is C12H26N2O. The van der Waals surface area contributed by atoms with Crippen LogP contribution in [0, 0.1) is 0 Å². The van der Waals surface area contributed by atoms with Crippen molar-refractivity contribution in [3.63, 3.8) is 0 Å². The fraction of sp³-hybridized carbons (Fsp3) is 1.00. The summed E-state index contributed by atoms with van der Waals surface area (Å²) in [4.78, 5) is 0. The molecule has 15 heavy (non-hydrogen) atoms. The lowest BCUT2D eigenvalue weighted by molar-refractivity contribution is 0.0116. The molecule has 0 aliphatic carbocycles. The third kappa shape index (κ3) is 6.88. The van der Waals surface area contributed by atoms with E-state index in [2.05, 4.69) is 17.6 Å². The third-order valence-corrected chi connectivity index (χ3v) is 2.87. The highest BCUT2D eigenvalue weighted by Gasteiger charge is 2.12. The van der Waals surface area contributed by atoms with Crippen LogP contribution in [0.15, 0.2) is 0 Å². The molecule has 1 unspecified atom stereocenters. The molecule has 0 bridgehead atoms. The smallest absolute Gasteiger partial charge is 0.0587 e. The predicted molar refractivity (Wildman–Crippen MR) is 64.2 cm³/mol. The van der Waals surface area contributed by atoms with Gasteiger partial charge >= 0.3 is 0 Å². The minimum Gasteiger partial charge on any atom is -0.378 e.